The van der Waals surface area contributed by atoms with Crippen molar-refractivity contribution in [3.63, 3.8) is 0 Å². The van der Waals surface area contributed by atoms with Gasteiger partial charge in [0.15, 0.2) is 5.76 Å². The van der Waals surface area contributed by atoms with Crippen LogP contribution in [0.3, 0.4) is 0 Å². The first-order valence-electron chi connectivity index (χ1n) is 13.6. The summed E-state index contributed by atoms with van der Waals surface area (Å²) in [6.07, 6.45) is 10.1. The summed E-state index contributed by atoms with van der Waals surface area (Å²) < 4.78 is 6.13. The second-order valence-electron chi connectivity index (χ2n) is 12.7. The lowest BCUT2D eigenvalue weighted by atomic mass is 9.44. The zero-order valence-electron chi connectivity index (χ0n) is 22.0. The number of ketones is 2. The van der Waals surface area contributed by atoms with Gasteiger partial charge in [0.05, 0.1) is 5.57 Å². The van der Waals surface area contributed by atoms with Crippen molar-refractivity contribution >= 4 is 17.5 Å². The first kappa shape index (κ1) is 24.5. The van der Waals surface area contributed by atoms with Crippen LogP contribution in [0.1, 0.15) is 98.8 Å². The molecule has 3 saturated carbocycles. The third-order valence-electron chi connectivity index (χ3n) is 10.3. The molecule has 5 rings (SSSR count). The molecule has 0 saturated heterocycles. The molecule has 5 aliphatic rings. The van der Waals surface area contributed by atoms with Gasteiger partial charge >= 0.3 is 5.97 Å². The Morgan fingerprint density at radius 3 is 2.54 bits per heavy atom. The van der Waals surface area contributed by atoms with Crippen molar-refractivity contribution < 1.29 is 24.2 Å². The number of hydrogen-bond acceptors (Lipinski definition) is 5. The van der Waals surface area contributed by atoms with E-state index in [0.717, 1.165) is 44.1 Å². The molecule has 5 heteroatoms. The van der Waals surface area contributed by atoms with Gasteiger partial charge in [0.2, 0.25) is 11.6 Å². The predicted molar refractivity (Wildman–Crippen MR) is 133 cm³/mol. The molecule has 5 nitrogen and oxygen atoms in total. The Hall–Kier alpha value is -2.17. The number of aliphatic hydroxyl groups excluding tert-OH is 1. The highest BCUT2D eigenvalue weighted by molar-refractivity contribution is 6.34. The van der Waals surface area contributed by atoms with E-state index in [4.69, 9.17) is 4.74 Å². The molecule has 190 valence electrons. The molecule has 5 aliphatic carbocycles. The van der Waals surface area contributed by atoms with E-state index in [2.05, 4.69) is 27.7 Å². The maximum Gasteiger partial charge on any atom is 0.342 e. The average Bonchev–Trinajstić information content (AvgIpc) is 3.51. The van der Waals surface area contributed by atoms with Gasteiger partial charge in [0.1, 0.15) is 11.7 Å². The van der Waals surface area contributed by atoms with Gasteiger partial charge in [-0.05, 0) is 75.0 Å². The maximum absolute atomic E-state index is 13.8. The van der Waals surface area contributed by atoms with Gasteiger partial charge in [-0.1, -0.05) is 52.2 Å². The van der Waals surface area contributed by atoms with Crippen molar-refractivity contribution in [2.75, 3.05) is 0 Å². The molecule has 0 radical (unpaired) electrons. The van der Waals surface area contributed by atoms with Crippen LogP contribution in [0.2, 0.25) is 0 Å². The molecule has 5 atom stereocenters. The average molecular weight is 481 g/mol. The summed E-state index contributed by atoms with van der Waals surface area (Å²) in [5.41, 5.74) is 1.67. The topological polar surface area (TPSA) is 80.7 Å². The van der Waals surface area contributed by atoms with Gasteiger partial charge in [0.25, 0.3) is 0 Å². The molecule has 0 aliphatic heterocycles. The number of allylic oxidation sites excluding steroid dienone is 4. The Morgan fingerprint density at radius 2 is 1.91 bits per heavy atom. The van der Waals surface area contributed by atoms with Crippen molar-refractivity contribution in [3.8, 4) is 0 Å². The standard InChI is InChI=1S/C30H40O5/c1-6-7-8-12-20-23(25(32)22(26(33)24(20)31)18-11-9-10-17(2)13-18)27(34)35-21-14-19-15-30(19)28(3,4)16-29(21,30)5/h13,18-19,21,33H,6-12,14-16H2,1-5H3. The van der Waals surface area contributed by atoms with Crippen LogP contribution in [0.25, 0.3) is 0 Å². The molecule has 3 fully saturated rings. The van der Waals surface area contributed by atoms with Gasteiger partial charge in [-0.3, -0.25) is 9.59 Å². The number of rotatable bonds is 7. The predicted octanol–water partition coefficient (Wildman–Crippen LogP) is 6.33. The van der Waals surface area contributed by atoms with Crippen LogP contribution >= 0.6 is 0 Å². The molecular weight excluding hydrogens is 440 g/mol. The largest absolute Gasteiger partial charge is 0.504 e. The Morgan fingerprint density at radius 1 is 1.17 bits per heavy atom. The van der Waals surface area contributed by atoms with Crippen LogP contribution in [0.4, 0.5) is 0 Å². The Balaban J connectivity index is 1.45. The summed E-state index contributed by atoms with van der Waals surface area (Å²) in [5.74, 6) is -1.97. The molecule has 0 heterocycles. The quantitative estimate of drug-likeness (QED) is 0.151. The second-order valence-corrected chi connectivity index (χ2v) is 12.7. The summed E-state index contributed by atoms with van der Waals surface area (Å²) in [7, 11) is 0. The van der Waals surface area contributed by atoms with Gasteiger partial charge in [-0.15, -0.1) is 0 Å². The number of esters is 1. The molecular formula is C30H40O5. The molecule has 35 heavy (non-hydrogen) atoms. The van der Waals surface area contributed by atoms with E-state index in [0.29, 0.717) is 25.2 Å². The molecule has 0 aromatic rings. The fourth-order valence-electron chi connectivity index (χ4n) is 8.78. The molecule has 0 aromatic heterocycles. The maximum atomic E-state index is 13.8. The second kappa shape index (κ2) is 8.18. The van der Waals surface area contributed by atoms with Crippen LogP contribution < -0.4 is 0 Å². The highest BCUT2D eigenvalue weighted by atomic mass is 16.5. The van der Waals surface area contributed by atoms with Gasteiger partial charge in [0, 0.05) is 16.9 Å². The van der Waals surface area contributed by atoms with Crippen LogP contribution in [0, 0.1) is 28.1 Å². The van der Waals surface area contributed by atoms with E-state index in [1.165, 1.54) is 6.42 Å². The van der Waals surface area contributed by atoms with Crippen LogP contribution in [0.15, 0.2) is 34.1 Å². The fraction of sp³-hybridized carbons (Fsp3) is 0.700. The lowest BCUT2D eigenvalue weighted by molar-refractivity contribution is -0.184. The van der Waals surface area contributed by atoms with Crippen molar-refractivity contribution in [3.05, 3.63) is 34.1 Å². The number of aliphatic hydroxyl groups is 1. The molecule has 1 spiro atoms. The monoisotopic (exact) mass is 480 g/mol. The van der Waals surface area contributed by atoms with Crippen LogP contribution in [0.5, 0.6) is 0 Å². The Bertz CT molecular complexity index is 1090. The minimum atomic E-state index is -0.663. The molecule has 0 aromatic carbocycles. The molecule has 0 bridgehead atoms. The highest BCUT2D eigenvalue weighted by Crippen LogP contribution is 2.88. The number of ether oxygens (including phenoxy) is 1. The van der Waals surface area contributed by atoms with E-state index in [-0.39, 0.29) is 45.0 Å². The molecule has 1 N–H and O–H groups in total. The van der Waals surface area contributed by atoms with E-state index in [1.807, 2.05) is 13.0 Å². The van der Waals surface area contributed by atoms with Gasteiger partial charge in [-0.2, -0.15) is 0 Å². The number of unbranched alkanes of at least 4 members (excludes halogenated alkanes) is 2. The Kier molecular flexibility index (Phi) is 5.73. The smallest absolute Gasteiger partial charge is 0.342 e. The first-order valence-corrected chi connectivity index (χ1v) is 13.6. The number of carbonyl (C=O) groups excluding carboxylic acids is 3. The van der Waals surface area contributed by atoms with E-state index in [9.17, 15) is 19.5 Å². The fourth-order valence-corrected chi connectivity index (χ4v) is 8.78. The summed E-state index contributed by atoms with van der Waals surface area (Å²) in [4.78, 5) is 40.8. The summed E-state index contributed by atoms with van der Waals surface area (Å²) in [5, 5.41) is 10.9. The van der Waals surface area contributed by atoms with E-state index >= 15 is 0 Å². The van der Waals surface area contributed by atoms with Gasteiger partial charge in [-0.25, -0.2) is 4.79 Å². The molecule has 0 amide bonds. The number of hydrogen-bond donors (Lipinski definition) is 1. The summed E-state index contributed by atoms with van der Waals surface area (Å²) >= 11 is 0. The Labute approximate surface area is 209 Å². The summed E-state index contributed by atoms with van der Waals surface area (Å²) in [6.45, 7) is 10.9. The SMILES string of the molecule is CCCCCC1=C(C(=O)OC2CC3CC34C(C)(C)CC24C)C(=O)C(C2C=C(C)CCC2)=C(O)C1=O. The van der Waals surface area contributed by atoms with Crippen molar-refractivity contribution in [1.29, 1.82) is 0 Å². The van der Waals surface area contributed by atoms with Crippen LogP contribution in [-0.2, 0) is 19.1 Å². The van der Waals surface area contributed by atoms with E-state index in [1.54, 1.807) is 0 Å². The zero-order chi connectivity index (χ0) is 25.3. The minimum absolute atomic E-state index is 0.0640. The number of carbonyl (C=O) groups is 3. The van der Waals surface area contributed by atoms with Crippen molar-refractivity contribution in [2.24, 2.45) is 28.1 Å². The zero-order valence-corrected chi connectivity index (χ0v) is 22.0. The highest BCUT2D eigenvalue weighted by Gasteiger charge is 2.84. The summed E-state index contributed by atoms with van der Waals surface area (Å²) in [6, 6.07) is 0. The van der Waals surface area contributed by atoms with Crippen molar-refractivity contribution in [2.45, 2.75) is 105 Å². The van der Waals surface area contributed by atoms with Gasteiger partial charge < -0.3 is 9.84 Å². The normalized spacial score (nSPS) is 37.5. The van der Waals surface area contributed by atoms with Crippen molar-refractivity contribution in [1.82, 2.24) is 0 Å². The van der Waals surface area contributed by atoms with Crippen LogP contribution in [-0.4, -0.2) is 28.7 Å². The lowest BCUT2D eigenvalue weighted by Crippen LogP contribution is -2.58. The third-order valence-corrected chi connectivity index (χ3v) is 10.3. The molecule has 5 unspecified atom stereocenters. The first-order chi connectivity index (χ1) is 16.5. The number of Topliss-reactive ketones (excluding diaryl/α,β-unsaturated/α-hetero) is 2. The minimum Gasteiger partial charge on any atom is -0.504 e. The lowest BCUT2D eigenvalue weighted by Gasteiger charge is -2.61. The van der Waals surface area contributed by atoms with E-state index < -0.39 is 23.3 Å². The third kappa shape index (κ3) is 3.36.